The molecule has 1 atom stereocenters. The van der Waals surface area contributed by atoms with E-state index in [9.17, 15) is 19.1 Å². The van der Waals surface area contributed by atoms with Gasteiger partial charge < -0.3 is 19.1 Å². The number of unbranched alkanes of at least 4 members (excludes halogenated alkanes) is 1. The van der Waals surface area contributed by atoms with Crippen molar-refractivity contribution in [3.63, 3.8) is 0 Å². The Morgan fingerprint density at radius 3 is 2.67 bits per heavy atom. The summed E-state index contributed by atoms with van der Waals surface area (Å²) in [5.74, 6) is -1.11. The number of aliphatic hydroxyl groups is 1. The van der Waals surface area contributed by atoms with Crippen LogP contribution < -0.4 is 5.56 Å². The van der Waals surface area contributed by atoms with Crippen molar-refractivity contribution in [2.45, 2.75) is 79.2 Å². The average Bonchev–Trinajstić information content (AvgIpc) is 3.22. The number of esters is 1. The molecular weight excluding hydrogens is 463 g/mol. The third-order valence-corrected chi connectivity index (χ3v) is 6.63. The molecule has 2 aromatic heterocycles. The quantitative estimate of drug-likeness (QED) is 0.306. The number of hydrogen-bond acceptors (Lipinski definition) is 6. The molecule has 0 bridgehead atoms. The van der Waals surface area contributed by atoms with Crippen LogP contribution >= 0.6 is 0 Å². The number of rotatable bonds is 6. The Morgan fingerprint density at radius 2 is 1.94 bits per heavy atom. The van der Waals surface area contributed by atoms with Crippen LogP contribution in [0.3, 0.4) is 0 Å². The molecule has 0 amide bonds. The van der Waals surface area contributed by atoms with Gasteiger partial charge in [-0.3, -0.25) is 4.79 Å². The van der Waals surface area contributed by atoms with Crippen LogP contribution in [0, 0.1) is 12.7 Å². The third-order valence-electron chi connectivity index (χ3n) is 6.63. The summed E-state index contributed by atoms with van der Waals surface area (Å²) >= 11 is 0. The minimum atomic E-state index is -1.51. The highest BCUT2D eigenvalue weighted by Crippen LogP contribution is 2.38. The Bertz CT molecular complexity index is 1380. The largest absolute Gasteiger partial charge is 0.458 e. The lowest BCUT2D eigenvalue weighted by Crippen LogP contribution is -2.32. The third kappa shape index (κ3) is 4.55. The lowest BCUT2D eigenvalue weighted by molar-refractivity contribution is -0.157. The molecule has 36 heavy (non-hydrogen) atoms. The molecular formula is C28H33FN2O5. The molecule has 8 heteroatoms. The molecule has 1 N–H and O–H groups in total. The van der Waals surface area contributed by atoms with E-state index in [-0.39, 0.29) is 35.2 Å². The predicted molar refractivity (Wildman–Crippen MR) is 135 cm³/mol. The van der Waals surface area contributed by atoms with Crippen LogP contribution in [0.1, 0.15) is 74.5 Å². The number of ether oxygens (including phenoxy) is 2. The molecule has 0 fully saturated rings. The topological polar surface area (TPSA) is 90.6 Å². The van der Waals surface area contributed by atoms with Crippen LogP contribution in [-0.4, -0.2) is 33.3 Å². The van der Waals surface area contributed by atoms with E-state index in [1.54, 1.807) is 17.6 Å². The first-order chi connectivity index (χ1) is 17.3. The molecule has 0 radical (unpaired) electrons. The predicted octanol–water partition coefficient (Wildman–Crippen LogP) is 4.74. The van der Waals surface area contributed by atoms with Crippen LogP contribution in [0.2, 0.25) is 0 Å². The van der Waals surface area contributed by atoms with Gasteiger partial charge >= 0.3 is 5.97 Å². The zero-order chi connectivity index (χ0) is 26.1. The summed E-state index contributed by atoms with van der Waals surface area (Å²) < 4.78 is 26.7. The molecule has 7 nitrogen and oxygen atoms in total. The van der Waals surface area contributed by atoms with E-state index in [4.69, 9.17) is 14.5 Å². The highest BCUT2D eigenvalue weighted by molar-refractivity contribution is 5.89. The molecule has 0 saturated heterocycles. The first kappa shape index (κ1) is 26.0. The standard InChI is InChI=1S/C26H27FN2O5.C2H6/c1-13(2)33-7-5-4-6-15-16-8-14(3)20(27)10-21(16)28-23-18(15)11-29-22(23)9-17-19(25(29)31)12-34-26(32)24(17)30;1-2/h8-10,13,24,30H,4-7,11-12H2,1-3H3;1-2H3. The SMILES string of the molecule is CC.Cc1cc2c(CCCCOC(C)C)c3c(nc2cc1F)-c1cc2c(c(=O)n1C3)COC(=O)C2O. The van der Waals surface area contributed by atoms with Gasteiger partial charge in [0.05, 0.1) is 35.1 Å². The second kappa shape index (κ2) is 10.5. The van der Waals surface area contributed by atoms with Gasteiger partial charge in [-0.25, -0.2) is 14.2 Å². The molecule has 192 valence electrons. The molecule has 2 aliphatic heterocycles. The van der Waals surface area contributed by atoms with Gasteiger partial charge in [-0.05, 0) is 63.3 Å². The van der Waals surface area contributed by atoms with Gasteiger partial charge in [0, 0.05) is 29.2 Å². The molecule has 0 saturated carbocycles. The lowest BCUT2D eigenvalue weighted by Gasteiger charge is -2.21. The Hall–Kier alpha value is -3.10. The number of fused-ring (bicyclic) bond motifs is 5. The van der Waals surface area contributed by atoms with Crippen LogP contribution in [-0.2, 0) is 33.8 Å². The van der Waals surface area contributed by atoms with Gasteiger partial charge in [0.25, 0.3) is 5.56 Å². The van der Waals surface area contributed by atoms with E-state index >= 15 is 0 Å². The zero-order valence-corrected chi connectivity index (χ0v) is 21.5. The average molecular weight is 497 g/mol. The Labute approximate surface area is 209 Å². The number of carbonyl (C=O) groups is 1. The van der Waals surface area contributed by atoms with Crippen LogP contribution in [0.25, 0.3) is 22.3 Å². The Kier molecular flexibility index (Phi) is 7.57. The van der Waals surface area contributed by atoms with Crippen molar-refractivity contribution in [1.82, 2.24) is 9.55 Å². The van der Waals surface area contributed by atoms with Crippen molar-refractivity contribution in [2.75, 3.05) is 6.61 Å². The molecule has 0 aliphatic carbocycles. The van der Waals surface area contributed by atoms with Crippen LogP contribution in [0.4, 0.5) is 4.39 Å². The van der Waals surface area contributed by atoms with E-state index in [0.29, 0.717) is 35.6 Å². The summed E-state index contributed by atoms with van der Waals surface area (Å²) in [7, 11) is 0. The van der Waals surface area contributed by atoms with E-state index in [1.165, 1.54) is 6.07 Å². The number of aliphatic hydroxyl groups excluding tert-OH is 1. The highest BCUT2D eigenvalue weighted by atomic mass is 19.1. The number of cyclic esters (lactones) is 1. The first-order valence-corrected chi connectivity index (χ1v) is 12.6. The number of aromatic nitrogens is 2. The fraction of sp³-hybridized carbons (Fsp3) is 0.464. The summed E-state index contributed by atoms with van der Waals surface area (Å²) in [4.78, 5) is 29.9. The molecule has 5 rings (SSSR count). The van der Waals surface area contributed by atoms with Gasteiger partial charge in [0.2, 0.25) is 0 Å². The van der Waals surface area contributed by atoms with Gasteiger partial charge in [-0.1, -0.05) is 13.8 Å². The monoisotopic (exact) mass is 496 g/mol. The summed E-state index contributed by atoms with van der Waals surface area (Å²) in [6.45, 7) is 10.6. The maximum atomic E-state index is 14.4. The maximum Gasteiger partial charge on any atom is 0.340 e. The minimum Gasteiger partial charge on any atom is -0.458 e. The molecule has 1 aromatic carbocycles. The summed E-state index contributed by atoms with van der Waals surface area (Å²) in [5.41, 5.74) is 4.38. The molecule has 2 aliphatic rings. The number of benzene rings is 1. The summed E-state index contributed by atoms with van der Waals surface area (Å²) in [5, 5.41) is 11.2. The second-order valence-corrected chi connectivity index (χ2v) is 9.28. The van der Waals surface area contributed by atoms with Crippen molar-refractivity contribution >= 4 is 16.9 Å². The lowest BCUT2D eigenvalue weighted by atomic mass is 9.94. The molecule has 0 spiro atoms. The van der Waals surface area contributed by atoms with Crippen molar-refractivity contribution in [2.24, 2.45) is 0 Å². The smallest absolute Gasteiger partial charge is 0.340 e. The van der Waals surface area contributed by atoms with Gasteiger partial charge in [-0.15, -0.1) is 0 Å². The van der Waals surface area contributed by atoms with Crippen molar-refractivity contribution < 1.29 is 23.8 Å². The fourth-order valence-corrected chi connectivity index (χ4v) is 4.85. The number of carbonyl (C=O) groups excluding carboxylic acids is 1. The number of pyridine rings is 2. The minimum absolute atomic E-state index is 0.163. The number of halogens is 1. The van der Waals surface area contributed by atoms with E-state index < -0.39 is 12.1 Å². The highest BCUT2D eigenvalue weighted by Gasteiger charge is 2.34. The number of aryl methyl sites for hydroxylation is 2. The van der Waals surface area contributed by atoms with Gasteiger partial charge in [0.15, 0.2) is 6.10 Å². The van der Waals surface area contributed by atoms with Gasteiger partial charge in [0.1, 0.15) is 12.4 Å². The first-order valence-electron chi connectivity index (χ1n) is 12.6. The van der Waals surface area contributed by atoms with Crippen LogP contribution in [0.5, 0.6) is 0 Å². The molecule has 3 aromatic rings. The van der Waals surface area contributed by atoms with Crippen LogP contribution in [0.15, 0.2) is 23.0 Å². The Balaban J connectivity index is 0.00000148. The summed E-state index contributed by atoms with van der Waals surface area (Å²) in [6, 6.07) is 4.91. The van der Waals surface area contributed by atoms with Crippen molar-refractivity contribution in [3.8, 4) is 11.4 Å². The number of nitrogens with zero attached hydrogens (tertiary/aromatic N) is 2. The van der Waals surface area contributed by atoms with Gasteiger partial charge in [-0.2, -0.15) is 0 Å². The van der Waals surface area contributed by atoms with Crippen molar-refractivity contribution in [3.05, 3.63) is 62.2 Å². The van der Waals surface area contributed by atoms with E-state index in [0.717, 1.165) is 35.8 Å². The Morgan fingerprint density at radius 1 is 1.19 bits per heavy atom. The van der Waals surface area contributed by atoms with E-state index in [1.807, 2.05) is 33.8 Å². The molecule has 4 heterocycles. The van der Waals surface area contributed by atoms with Crippen molar-refractivity contribution in [1.29, 1.82) is 0 Å². The fourth-order valence-electron chi connectivity index (χ4n) is 4.85. The number of hydrogen-bond donors (Lipinski definition) is 1. The maximum absolute atomic E-state index is 14.4. The molecule has 1 unspecified atom stereocenters. The normalized spacial score (nSPS) is 15.8. The second-order valence-electron chi connectivity index (χ2n) is 9.28. The van der Waals surface area contributed by atoms with E-state index in [2.05, 4.69) is 0 Å². The summed E-state index contributed by atoms with van der Waals surface area (Å²) in [6.07, 6.45) is 1.16. The zero-order valence-electron chi connectivity index (χ0n) is 21.5.